The van der Waals surface area contributed by atoms with E-state index in [9.17, 15) is 9.59 Å². The molecule has 20 heavy (non-hydrogen) atoms. The van der Waals surface area contributed by atoms with Crippen LogP contribution in [0.5, 0.6) is 0 Å². The standard InChI is InChI=1S/C14H20N2O3S/c1-11(4-5-12-3-2-9-19-12)15-13(17)6-7-16-8-10-20-14(16)18/h2-3,9,11H,4-8,10H2,1H3,(H,15,17). The molecule has 0 saturated carbocycles. The molecule has 5 nitrogen and oxygen atoms in total. The van der Waals surface area contributed by atoms with Crippen molar-refractivity contribution >= 4 is 22.9 Å². The molecule has 110 valence electrons. The van der Waals surface area contributed by atoms with Crippen molar-refractivity contribution in [2.24, 2.45) is 0 Å². The molecule has 6 heteroatoms. The molecule has 1 aliphatic rings. The van der Waals surface area contributed by atoms with Crippen molar-refractivity contribution in [2.75, 3.05) is 18.8 Å². The number of amides is 2. The number of hydrogen-bond donors (Lipinski definition) is 1. The van der Waals surface area contributed by atoms with Gasteiger partial charge in [-0.15, -0.1) is 0 Å². The van der Waals surface area contributed by atoms with Gasteiger partial charge in [-0.05, 0) is 25.5 Å². The zero-order chi connectivity index (χ0) is 14.4. The van der Waals surface area contributed by atoms with Gasteiger partial charge in [-0.25, -0.2) is 0 Å². The molecule has 2 heterocycles. The third kappa shape index (κ3) is 4.59. The molecule has 1 aliphatic heterocycles. The minimum absolute atomic E-state index is 0.00152. The van der Waals surface area contributed by atoms with Crippen molar-refractivity contribution in [3.63, 3.8) is 0 Å². The van der Waals surface area contributed by atoms with Gasteiger partial charge in [-0.3, -0.25) is 9.59 Å². The van der Waals surface area contributed by atoms with Crippen LogP contribution in [-0.4, -0.2) is 40.9 Å². The summed E-state index contributed by atoms with van der Waals surface area (Å²) in [6.45, 7) is 3.26. The summed E-state index contributed by atoms with van der Waals surface area (Å²) in [6.07, 6.45) is 3.69. The molecule has 1 saturated heterocycles. The van der Waals surface area contributed by atoms with Crippen LogP contribution in [0, 0.1) is 0 Å². The minimum atomic E-state index is 0.00152. The quantitative estimate of drug-likeness (QED) is 0.838. The summed E-state index contributed by atoms with van der Waals surface area (Å²) in [6, 6.07) is 3.91. The molecule has 1 aromatic rings. The summed E-state index contributed by atoms with van der Waals surface area (Å²) in [5, 5.41) is 3.04. The highest BCUT2D eigenvalue weighted by Gasteiger charge is 2.21. The van der Waals surface area contributed by atoms with Crippen LogP contribution >= 0.6 is 11.8 Å². The Bertz CT molecular complexity index is 447. The van der Waals surface area contributed by atoms with Gasteiger partial charge in [0.25, 0.3) is 5.24 Å². The fraction of sp³-hybridized carbons (Fsp3) is 0.571. The second-order valence-corrected chi connectivity index (χ2v) is 5.98. The van der Waals surface area contributed by atoms with E-state index in [1.165, 1.54) is 11.8 Å². The van der Waals surface area contributed by atoms with Crippen LogP contribution < -0.4 is 5.32 Å². The Balaban J connectivity index is 1.62. The van der Waals surface area contributed by atoms with Crippen LogP contribution in [0.15, 0.2) is 22.8 Å². The molecule has 0 aromatic carbocycles. The maximum Gasteiger partial charge on any atom is 0.281 e. The number of aryl methyl sites for hydroxylation is 1. The highest BCUT2D eigenvalue weighted by molar-refractivity contribution is 8.13. The van der Waals surface area contributed by atoms with Gasteiger partial charge in [0.1, 0.15) is 5.76 Å². The highest BCUT2D eigenvalue weighted by atomic mass is 32.2. The summed E-state index contributed by atoms with van der Waals surface area (Å²) < 4.78 is 5.26. The third-order valence-electron chi connectivity index (χ3n) is 3.26. The lowest BCUT2D eigenvalue weighted by molar-refractivity contribution is -0.121. The molecular formula is C14H20N2O3S. The zero-order valence-corrected chi connectivity index (χ0v) is 12.4. The number of rotatable bonds is 7. The van der Waals surface area contributed by atoms with Crippen molar-refractivity contribution < 1.29 is 14.0 Å². The minimum Gasteiger partial charge on any atom is -0.469 e. The van der Waals surface area contributed by atoms with Crippen molar-refractivity contribution in [1.29, 1.82) is 0 Å². The Kier molecular flexibility index (Phi) is 5.52. The lowest BCUT2D eigenvalue weighted by Crippen LogP contribution is -2.36. The Morgan fingerprint density at radius 2 is 2.45 bits per heavy atom. The van der Waals surface area contributed by atoms with Crippen LogP contribution in [0.2, 0.25) is 0 Å². The van der Waals surface area contributed by atoms with E-state index >= 15 is 0 Å². The number of carbonyl (C=O) groups excluding carboxylic acids is 2. The van der Waals surface area contributed by atoms with Gasteiger partial charge in [-0.2, -0.15) is 0 Å². The van der Waals surface area contributed by atoms with Gasteiger partial charge >= 0.3 is 0 Å². The normalized spacial score (nSPS) is 16.4. The van der Waals surface area contributed by atoms with E-state index in [0.717, 1.165) is 30.9 Å². The van der Waals surface area contributed by atoms with E-state index in [1.54, 1.807) is 11.2 Å². The first kappa shape index (κ1) is 15.0. The number of hydrogen-bond acceptors (Lipinski definition) is 4. The topological polar surface area (TPSA) is 62.6 Å². The number of nitrogens with one attached hydrogen (secondary N) is 1. The van der Waals surface area contributed by atoms with Crippen molar-refractivity contribution in [3.05, 3.63) is 24.2 Å². The lowest BCUT2D eigenvalue weighted by Gasteiger charge is -2.16. The summed E-state index contributed by atoms with van der Waals surface area (Å²) in [7, 11) is 0. The average molecular weight is 296 g/mol. The molecule has 1 atom stereocenters. The molecule has 0 aliphatic carbocycles. The molecule has 1 fully saturated rings. The molecule has 1 unspecified atom stereocenters. The monoisotopic (exact) mass is 296 g/mol. The Morgan fingerprint density at radius 1 is 1.60 bits per heavy atom. The first-order chi connectivity index (χ1) is 9.65. The van der Waals surface area contributed by atoms with E-state index in [2.05, 4.69) is 5.32 Å². The van der Waals surface area contributed by atoms with Crippen LogP contribution in [0.3, 0.4) is 0 Å². The molecule has 2 amide bonds. The van der Waals surface area contributed by atoms with Gasteiger partial charge in [-0.1, -0.05) is 11.8 Å². The Labute approximate surface area is 123 Å². The molecule has 0 bridgehead atoms. The van der Waals surface area contributed by atoms with E-state index in [1.807, 2.05) is 19.1 Å². The van der Waals surface area contributed by atoms with Crippen LogP contribution in [-0.2, 0) is 11.2 Å². The first-order valence-corrected chi connectivity index (χ1v) is 7.87. The summed E-state index contributed by atoms with van der Waals surface area (Å²) in [5.74, 6) is 1.77. The lowest BCUT2D eigenvalue weighted by atomic mass is 10.1. The summed E-state index contributed by atoms with van der Waals surface area (Å²) in [4.78, 5) is 24.9. The number of thioether (sulfide) groups is 1. The van der Waals surface area contributed by atoms with E-state index in [4.69, 9.17) is 4.42 Å². The van der Waals surface area contributed by atoms with Crippen molar-refractivity contribution in [1.82, 2.24) is 10.2 Å². The molecule has 2 rings (SSSR count). The second kappa shape index (κ2) is 7.38. The van der Waals surface area contributed by atoms with Gasteiger partial charge < -0.3 is 14.6 Å². The fourth-order valence-electron chi connectivity index (χ4n) is 2.10. The van der Waals surface area contributed by atoms with Crippen molar-refractivity contribution in [2.45, 2.75) is 32.2 Å². The number of furan rings is 1. The molecule has 1 N–H and O–H groups in total. The molecule has 0 spiro atoms. The number of carbonyl (C=O) groups is 2. The second-order valence-electron chi connectivity index (χ2n) is 4.94. The van der Waals surface area contributed by atoms with Crippen LogP contribution in [0.25, 0.3) is 0 Å². The predicted octanol–water partition coefficient (Wildman–Crippen LogP) is 2.28. The van der Waals surface area contributed by atoms with E-state index < -0.39 is 0 Å². The number of nitrogens with zero attached hydrogens (tertiary/aromatic N) is 1. The summed E-state index contributed by atoms with van der Waals surface area (Å²) >= 11 is 1.32. The van der Waals surface area contributed by atoms with Gasteiger partial charge in [0.05, 0.1) is 6.26 Å². The largest absolute Gasteiger partial charge is 0.469 e. The molecule has 1 aromatic heterocycles. The fourth-order valence-corrected chi connectivity index (χ4v) is 2.95. The Morgan fingerprint density at radius 3 is 3.10 bits per heavy atom. The maximum absolute atomic E-state index is 11.8. The molecular weight excluding hydrogens is 276 g/mol. The zero-order valence-electron chi connectivity index (χ0n) is 11.6. The van der Waals surface area contributed by atoms with E-state index in [-0.39, 0.29) is 17.2 Å². The third-order valence-corrected chi connectivity index (χ3v) is 4.16. The van der Waals surface area contributed by atoms with Crippen LogP contribution in [0.1, 0.15) is 25.5 Å². The smallest absolute Gasteiger partial charge is 0.281 e. The van der Waals surface area contributed by atoms with Crippen molar-refractivity contribution in [3.8, 4) is 0 Å². The van der Waals surface area contributed by atoms with Gasteiger partial charge in [0.15, 0.2) is 0 Å². The first-order valence-electron chi connectivity index (χ1n) is 6.88. The maximum atomic E-state index is 11.8. The van der Waals surface area contributed by atoms with E-state index in [0.29, 0.717) is 13.0 Å². The van der Waals surface area contributed by atoms with Gasteiger partial charge in [0.2, 0.25) is 5.91 Å². The van der Waals surface area contributed by atoms with Crippen LogP contribution in [0.4, 0.5) is 4.79 Å². The average Bonchev–Trinajstić information content (AvgIpc) is 3.05. The predicted molar refractivity (Wildman–Crippen MR) is 78.7 cm³/mol. The van der Waals surface area contributed by atoms with Gasteiger partial charge in [0, 0.05) is 37.7 Å². The Hall–Kier alpha value is -1.43. The SMILES string of the molecule is CC(CCc1ccco1)NC(=O)CCN1CCSC1=O. The molecule has 0 radical (unpaired) electrons. The summed E-state index contributed by atoms with van der Waals surface area (Å²) in [5.41, 5.74) is 0. The highest BCUT2D eigenvalue weighted by Crippen LogP contribution is 2.17.